The maximum atomic E-state index is 14.1. The van der Waals surface area contributed by atoms with Crippen molar-refractivity contribution in [2.75, 3.05) is 19.0 Å². The topological polar surface area (TPSA) is 179 Å². The third kappa shape index (κ3) is 11.9. The van der Waals surface area contributed by atoms with Crippen molar-refractivity contribution < 1.29 is 67.0 Å². The van der Waals surface area contributed by atoms with E-state index in [-0.39, 0.29) is 34.4 Å². The molecule has 10 atom stereocenters. The zero-order valence-corrected chi connectivity index (χ0v) is 36.3. The number of hydrogen-bond donors (Lipinski definition) is 1. The van der Waals surface area contributed by atoms with Crippen LogP contribution < -0.4 is 0 Å². The Morgan fingerprint density at radius 3 is 1.28 bits per heavy atom. The molecule has 2 aliphatic rings. The van der Waals surface area contributed by atoms with Gasteiger partial charge in [0, 0.05) is 5.92 Å². The minimum atomic E-state index is -1.72. The second kappa shape index (κ2) is 22.5. The third-order valence-corrected chi connectivity index (χ3v) is 11.8. The van der Waals surface area contributed by atoms with Gasteiger partial charge in [0.2, 0.25) is 0 Å². The maximum Gasteiger partial charge on any atom is 0.338 e. The van der Waals surface area contributed by atoms with Crippen molar-refractivity contribution in [2.24, 2.45) is 5.92 Å². The molecule has 0 amide bonds. The first-order valence-corrected chi connectivity index (χ1v) is 22.1. The number of carbonyl (C=O) groups excluding carboxylic acids is 5. The molecular weight excluding hydrogens is 857 g/mol. The minimum absolute atomic E-state index is 0.161. The highest BCUT2D eigenvalue weighted by Crippen LogP contribution is 2.38. The fourth-order valence-electron chi connectivity index (χ4n) is 7.35. The lowest BCUT2D eigenvalue weighted by Crippen LogP contribution is -2.64. The van der Waals surface area contributed by atoms with Crippen LogP contribution in [0.1, 0.15) is 65.6 Å². The molecule has 14 nitrogen and oxygen atoms in total. The lowest BCUT2D eigenvalue weighted by Gasteiger charge is -2.48. The summed E-state index contributed by atoms with van der Waals surface area (Å²) in [6, 6.07) is 41.0. The number of hydrogen-bond acceptors (Lipinski definition) is 15. The first-order chi connectivity index (χ1) is 31.6. The smallest absolute Gasteiger partial charge is 0.338 e. The van der Waals surface area contributed by atoms with E-state index >= 15 is 0 Å². The number of thioether (sulfide) groups is 1. The Morgan fingerprint density at radius 1 is 0.492 bits per heavy atom. The molecule has 15 heteroatoms. The number of ether oxygens (including phenoxy) is 8. The van der Waals surface area contributed by atoms with Crippen LogP contribution in [0.25, 0.3) is 0 Å². The number of carbonyl (C=O) groups is 5. The van der Waals surface area contributed by atoms with Crippen LogP contribution in [-0.2, 0) is 37.9 Å². The van der Waals surface area contributed by atoms with Gasteiger partial charge in [-0.25, -0.2) is 24.0 Å². The molecule has 2 aliphatic heterocycles. The van der Waals surface area contributed by atoms with Crippen molar-refractivity contribution in [3.8, 4) is 0 Å². The zero-order chi connectivity index (χ0) is 45.7. The van der Waals surface area contributed by atoms with E-state index in [1.807, 2.05) is 6.92 Å². The molecule has 0 spiro atoms. The van der Waals surface area contributed by atoms with Gasteiger partial charge in [0.1, 0.15) is 49.2 Å². The second-order valence-corrected chi connectivity index (χ2v) is 16.5. The van der Waals surface area contributed by atoms with Crippen molar-refractivity contribution >= 4 is 41.6 Å². The summed E-state index contributed by atoms with van der Waals surface area (Å²) in [6.45, 7) is 2.69. The van der Waals surface area contributed by atoms with Gasteiger partial charge in [0.25, 0.3) is 0 Å². The van der Waals surface area contributed by atoms with E-state index in [9.17, 15) is 29.1 Å². The molecule has 7 rings (SSSR count). The molecule has 0 aliphatic carbocycles. The number of esters is 5. The molecule has 0 saturated carbocycles. The Labute approximate surface area is 380 Å². The van der Waals surface area contributed by atoms with Crippen LogP contribution in [0.3, 0.4) is 0 Å². The van der Waals surface area contributed by atoms with Crippen molar-refractivity contribution in [2.45, 2.75) is 68.3 Å². The molecule has 0 bridgehead atoms. The highest BCUT2D eigenvalue weighted by Gasteiger charge is 2.55. The Bertz CT molecular complexity index is 2340. The molecular formula is C50H48O14S. The summed E-state index contributed by atoms with van der Waals surface area (Å²) in [4.78, 5) is 68.0. The van der Waals surface area contributed by atoms with Gasteiger partial charge in [-0.3, -0.25) is 0 Å². The summed E-state index contributed by atoms with van der Waals surface area (Å²) < 4.78 is 49.6. The predicted octanol–water partition coefficient (Wildman–Crippen LogP) is 6.96. The highest BCUT2D eigenvalue weighted by molar-refractivity contribution is 7.99. The summed E-state index contributed by atoms with van der Waals surface area (Å²) in [5.74, 6) is -4.01. The van der Waals surface area contributed by atoms with E-state index in [0.717, 1.165) is 0 Å². The number of benzene rings is 5. The van der Waals surface area contributed by atoms with Crippen molar-refractivity contribution in [1.29, 1.82) is 0 Å². The summed E-state index contributed by atoms with van der Waals surface area (Å²) in [6.07, 6.45) is -11.4. The van der Waals surface area contributed by atoms with E-state index in [1.165, 1.54) is 11.8 Å². The zero-order valence-electron chi connectivity index (χ0n) is 35.5. The van der Waals surface area contributed by atoms with Gasteiger partial charge >= 0.3 is 29.8 Å². The Balaban J connectivity index is 1.27. The largest absolute Gasteiger partial charge is 0.459 e. The lowest BCUT2D eigenvalue weighted by molar-refractivity contribution is -0.329. The van der Waals surface area contributed by atoms with Crippen LogP contribution in [0.5, 0.6) is 0 Å². The van der Waals surface area contributed by atoms with E-state index in [2.05, 4.69) is 0 Å². The number of aliphatic hydroxyl groups excluding tert-OH is 1. The summed E-state index contributed by atoms with van der Waals surface area (Å²) >= 11 is 1.25. The monoisotopic (exact) mass is 904 g/mol. The molecule has 0 radical (unpaired) electrons. The highest BCUT2D eigenvalue weighted by atomic mass is 32.2. The van der Waals surface area contributed by atoms with Gasteiger partial charge in [-0.15, -0.1) is 11.8 Å². The quantitative estimate of drug-likeness (QED) is 0.0793. The Hall–Kier alpha value is -6.36. The standard InChI is InChI=1S/C50H48O14S/c1-3-65-50-43(63-48(56)36-27-17-8-18-28-36)42(62-47(55)35-25-15-7-16-26-35)41(38(60-50)30-58-45(53)33-21-11-5-12-22-33)64-49-39(51)40(61-46(54)34-23-13-6-14-24-34)31(2)37(59-49)29-57-44(52)32-19-9-4-10-20-32/h4-28,31,37-43,49-51H,3,29-30H2,1-2H3/t31-,37?,38?,39?,40+,41-,42?,43+,49-,50+/m1/s1. The predicted molar refractivity (Wildman–Crippen MR) is 236 cm³/mol. The van der Waals surface area contributed by atoms with E-state index < -0.39 is 96.8 Å². The van der Waals surface area contributed by atoms with Gasteiger partial charge < -0.3 is 43.0 Å². The summed E-state index contributed by atoms with van der Waals surface area (Å²) in [7, 11) is 0. The van der Waals surface area contributed by atoms with Crippen molar-refractivity contribution in [1.82, 2.24) is 0 Å². The fourth-order valence-corrected chi connectivity index (χ4v) is 8.30. The lowest BCUT2D eigenvalue weighted by atomic mass is 9.90. The molecule has 5 aromatic carbocycles. The molecule has 65 heavy (non-hydrogen) atoms. The summed E-state index contributed by atoms with van der Waals surface area (Å²) in [5.41, 5.74) is 0.0874. The fraction of sp³-hybridized carbons (Fsp3) is 0.300. The number of rotatable bonds is 16. The van der Waals surface area contributed by atoms with Gasteiger partial charge in [0.05, 0.1) is 27.8 Å². The van der Waals surface area contributed by atoms with Gasteiger partial charge in [-0.05, 0) is 66.4 Å². The molecule has 1 N–H and O–H groups in total. The molecule has 5 aromatic rings. The SMILES string of the molecule is CCS[C@@H]1OC(COC(=O)c2ccccc2)[C@@H](O[C@H]2OC(COC(=O)c3ccccc3)[C@@H](C)[C@H](OC(=O)c3ccccc3)C2O)C(OC(=O)c2ccccc2)[C@@H]1OC(=O)c1ccccc1. The maximum absolute atomic E-state index is 14.1. The first kappa shape index (κ1) is 46.6. The second-order valence-electron chi connectivity index (χ2n) is 15.1. The molecule has 4 unspecified atom stereocenters. The Morgan fingerprint density at radius 2 is 0.862 bits per heavy atom. The van der Waals surface area contributed by atoms with Crippen LogP contribution in [0.15, 0.2) is 152 Å². The van der Waals surface area contributed by atoms with E-state index in [1.54, 1.807) is 159 Å². The van der Waals surface area contributed by atoms with Gasteiger partial charge in [-0.2, -0.15) is 0 Å². The van der Waals surface area contributed by atoms with Crippen molar-refractivity contribution in [3.05, 3.63) is 179 Å². The van der Waals surface area contributed by atoms with Crippen LogP contribution in [0, 0.1) is 5.92 Å². The Kier molecular flexibility index (Phi) is 16.1. The van der Waals surface area contributed by atoms with Crippen LogP contribution in [0.4, 0.5) is 0 Å². The van der Waals surface area contributed by atoms with Crippen LogP contribution in [0.2, 0.25) is 0 Å². The average molecular weight is 905 g/mol. The molecule has 2 saturated heterocycles. The third-order valence-electron chi connectivity index (χ3n) is 10.8. The van der Waals surface area contributed by atoms with E-state index in [0.29, 0.717) is 5.75 Å². The van der Waals surface area contributed by atoms with E-state index in [4.69, 9.17) is 37.9 Å². The van der Waals surface area contributed by atoms with Crippen molar-refractivity contribution in [3.63, 3.8) is 0 Å². The first-order valence-electron chi connectivity index (χ1n) is 21.1. The normalized spacial score (nSPS) is 25.0. The summed E-state index contributed by atoms with van der Waals surface area (Å²) in [5, 5.41) is 12.1. The molecule has 338 valence electrons. The average Bonchev–Trinajstić information content (AvgIpc) is 3.35. The van der Waals surface area contributed by atoms with Gasteiger partial charge in [-0.1, -0.05) is 105 Å². The molecule has 0 aromatic heterocycles. The van der Waals surface area contributed by atoms with Gasteiger partial charge in [0.15, 0.2) is 18.5 Å². The van der Waals surface area contributed by atoms with Crippen LogP contribution >= 0.6 is 11.8 Å². The minimum Gasteiger partial charge on any atom is -0.459 e. The van der Waals surface area contributed by atoms with Crippen LogP contribution in [-0.4, -0.2) is 108 Å². The number of aliphatic hydroxyl groups is 1. The molecule has 2 heterocycles. The molecule has 2 fully saturated rings.